The number of amides is 1. The minimum atomic E-state index is -4.06. The Bertz CT molecular complexity index is 1600. The molecule has 0 fully saturated rings. The van der Waals surface area contributed by atoms with Crippen LogP contribution in [0.25, 0.3) is 11.1 Å². The Morgan fingerprint density at radius 1 is 1.05 bits per heavy atom. The molecular formula is C31H38N4O6S. The minimum absolute atomic E-state index is 0.00959. The Morgan fingerprint density at radius 3 is 2.40 bits per heavy atom. The van der Waals surface area contributed by atoms with Gasteiger partial charge in [0.2, 0.25) is 10.0 Å². The number of benzene rings is 3. The molecule has 0 aliphatic heterocycles. The topological polar surface area (TPSA) is 148 Å². The number of rotatable bonds is 13. The minimum Gasteiger partial charge on any atom is -0.483 e. The third-order valence-corrected chi connectivity index (χ3v) is 8.67. The van der Waals surface area contributed by atoms with E-state index in [1.807, 2.05) is 76.2 Å². The normalized spacial score (nSPS) is 13.4. The molecular weight excluding hydrogens is 556 g/mol. The van der Waals surface area contributed by atoms with Gasteiger partial charge in [-0.25, -0.2) is 8.42 Å². The molecule has 0 aliphatic rings. The third-order valence-electron chi connectivity index (χ3n) is 6.84. The molecule has 4 N–H and O–H groups in total. The predicted octanol–water partition coefficient (Wildman–Crippen LogP) is 3.84. The van der Waals surface area contributed by atoms with E-state index in [9.17, 15) is 18.3 Å². The molecule has 0 saturated carbocycles. The SMILES string of the molecule is Cc1cccc(C)c1OCC(=O)N[C@@H](Cc1ccccc1)[C@H](O)CN(CC(C)C)S(=O)(=O)c1ccc2nc(N)oc2c1. The van der Waals surface area contributed by atoms with Gasteiger partial charge in [0.25, 0.3) is 11.9 Å². The van der Waals surface area contributed by atoms with Crippen molar-refractivity contribution in [2.75, 3.05) is 25.4 Å². The van der Waals surface area contributed by atoms with Gasteiger partial charge in [0.15, 0.2) is 12.2 Å². The fourth-order valence-corrected chi connectivity index (χ4v) is 6.45. The zero-order chi connectivity index (χ0) is 30.4. The van der Waals surface area contributed by atoms with Crippen molar-refractivity contribution >= 4 is 33.0 Å². The average molecular weight is 595 g/mol. The summed E-state index contributed by atoms with van der Waals surface area (Å²) < 4.78 is 40.0. The number of sulfonamides is 1. The van der Waals surface area contributed by atoms with Crippen LogP contribution in [0.5, 0.6) is 5.75 Å². The molecule has 2 atom stereocenters. The van der Waals surface area contributed by atoms with Gasteiger partial charge in [-0.2, -0.15) is 9.29 Å². The molecule has 0 aliphatic carbocycles. The van der Waals surface area contributed by atoms with Crippen LogP contribution in [-0.4, -0.2) is 60.6 Å². The fourth-order valence-electron chi connectivity index (χ4n) is 4.81. The second-order valence-electron chi connectivity index (χ2n) is 10.8. The standard InChI is InChI=1S/C31H38N4O6S/c1-20(2)17-35(42(38,39)24-13-14-25-28(16-24)41-31(32)34-25)18-27(36)26(15-23-11-6-5-7-12-23)33-29(37)19-40-30-21(3)9-8-10-22(30)4/h5-14,16,20,26-27,36H,15,17-19H2,1-4H3,(H2,32,34)(H,33,37)/t26-,27+/m0/s1. The lowest BCUT2D eigenvalue weighted by atomic mass is 10.0. The van der Waals surface area contributed by atoms with Crippen molar-refractivity contribution in [3.8, 4) is 5.75 Å². The van der Waals surface area contributed by atoms with Crippen molar-refractivity contribution in [1.29, 1.82) is 0 Å². The fraction of sp³-hybridized carbons (Fsp3) is 0.355. The van der Waals surface area contributed by atoms with Crippen LogP contribution >= 0.6 is 0 Å². The molecule has 11 heteroatoms. The van der Waals surface area contributed by atoms with Crippen LogP contribution in [0.15, 0.2) is 76.0 Å². The Morgan fingerprint density at radius 2 is 1.74 bits per heavy atom. The zero-order valence-corrected chi connectivity index (χ0v) is 25.1. The molecule has 0 unspecified atom stereocenters. The number of aliphatic hydroxyl groups is 1. The van der Waals surface area contributed by atoms with Crippen molar-refractivity contribution < 1.29 is 27.5 Å². The van der Waals surface area contributed by atoms with Gasteiger partial charge in [0.05, 0.1) is 17.0 Å². The van der Waals surface area contributed by atoms with E-state index in [1.54, 1.807) is 0 Å². The summed E-state index contributed by atoms with van der Waals surface area (Å²) in [7, 11) is -4.06. The largest absolute Gasteiger partial charge is 0.483 e. The van der Waals surface area contributed by atoms with Gasteiger partial charge >= 0.3 is 0 Å². The van der Waals surface area contributed by atoms with Gasteiger partial charge < -0.3 is 25.3 Å². The summed E-state index contributed by atoms with van der Waals surface area (Å²) in [6.07, 6.45) is -0.941. The summed E-state index contributed by atoms with van der Waals surface area (Å²) in [5, 5.41) is 14.3. The predicted molar refractivity (Wildman–Crippen MR) is 162 cm³/mol. The van der Waals surface area contributed by atoms with Crippen LogP contribution in [0.4, 0.5) is 6.01 Å². The van der Waals surface area contributed by atoms with Gasteiger partial charge in [0, 0.05) is 19.2 Å². The van der Waals surface area contributed by atoms with Crippen LogP contribution in [0.3, 0.4) is 0 Å². The lowest BCUT2D eigenvalue weighted by Gasteiger charge is -2.30. The van der Waals surface area contributed by atoms with Gasteiger partial charge in [0.1, 0.15) is 11.3 Å². The van der Waals surface area contributed by atoms with E-state index in [1.165, 1.54) is 22.5 Å². The monoisotopic (exact) mass is 594 g/mol. The van der Waals surface area contributed by atoms with Gasteiger partial charge in [-0.3, -0.25) is 4.79 Å². The maximum atomic E-state index is 13.8. The van der Waals surface area contributed by atoms with Crippen molar-refractivity contribution in [1.82, 2.24) is 14.6 Å². The second-order valence-corrected chi connectivity index (χ2v) is 12.8. The first-order valence-corrected chi connectivity index (χ1v) is 15.2. The highest BCUT2D eigenvalue weighted by Gasteiger charge is 2.32. The van der Waals surface area contributed by atoms with Gasteiger partial charge in [-0.05, 0) is 55.0 Å². The zero-order valence-electron chi connectivity index (χ0n) is 24.3. The first-order valence-electron chi connectivity index (χ1n) is 13.8. The summed E-state index contributed by atoms with van der Waals surface area (Å²) >= 11 is 0. The highest BCUT2D eigenvalue weighted by atomic mass is 32.2. The van der Waals surface area contributed by atoms with Crippen LogP contribution in [0, 0.1) is 19.8 Å². The molecule has 0 saturated heterocycles. The Hall–Kier alpha value is -3.93. The van der Waals surface area contributed by atoms with Gasteiger partial charge in [-0.15, -0.1) is 0 Å². The molecule has 0 bridgehead atoms. The summed E-state index contributed by atoms with van der Waals surface area (Å²) in [4.78, 5) is 17.1. The maximum absolute atomic E-state index is 13.8. The molecule has 224 valence electrons. The average Bonchev–Trinajstić information content (AvgIpc) is 3.31. The number of aromatic nitrogens is 1. The number of oxazole rings is 1. The van der Waals surface area contributed by atoms with Crippen LogP contribution in [-0.2, 0) is 21.2 Å². The van der Waals surface area contributed by atoms with Gasteiger partial charge in [-0.1, -0.05) is 62.4 Å². The number of aryl methyl sites for hydroxylation is 2. The van der Waals surface area contributed by atoms with E-state index < -0.39 is 28.1 Å². The molecule has 1 heterocycles. The van der Waals surface area contributed by atoms with E-state index in [2.05, 4.69) is 10.3 Å². The van der Waals surface area contributed by atoms with E-state index in [4.69, 9.17) is 14.9 Å². The maximum Gasteiger partial charge on any atom is 0.292 e. The lowest BCUT2D eigenvalue weighted by Crippen LogP contribution is -2.52. The summed E-state index contributed by atoms with van der Waals surface area (Å²) in [6, 6.07) is 18.6. The van der Waals surface area contributed by atoms with Crippen molar-refractivity contribution in [2.24, 2.45) is 5.92 Å². The second kappa shape index (κ2) is 13.4. The number of hydrogen-bond donors (Lipinski definition) is 3. The number of carbonyl (C=O) groups is 1. The molecule has 4 rings (SSSR count). The number of anilines is 1. The highest BCUT2D eigenvalue weighted by molar-refractivity contribution is 7.89. The van der Waals surface area contributed by atoms with E-state index in [-0.39, 0.29) is 48.5 Å². The number of nitrogen functional groups attached to an aromatic ring is 1. The number of carbonyl (C=O) groups excluding carboxylic acids is 1. The quantitative estimate of drug-likeness (QED) is 0.212. The van der Waals surface area contributed by atoms with Crippen LogP contribution in [0.2, 0.25) is 0 Å². The lowest BCUT2D eigenvalue weighted by molar-refractivity contribution is -0.124. The number of aliphatic hydroxyl groups excluding tert-OH is 1. The molecule has 0 radical (unpaired) electrons. The number of fused-ring (bicyclic) bond motifs is 1. The molecule has 3 aromatic carbocycles. The smallest absolute Gasteiger partial charge is 0.292 e. The number of hydrogen-bond acceptors (Lipinski definition) is 8. The first-order chi connectivity index (χ1) is 19.9. The van der Waals surface area contributed by atoms with E-state index in [0.717, 1.165) is 16.7 Å². The molecule has 10 nitrogen and oxygen atoms in total. The molecule has 0 spiro atoms. The number of ether oxygens (including phenoxy) is 1. The highest BCUT2D eigenvalue weighted by Crippen LogP contribution is 2.25. The van der Waals surface area contributed by atoms with Crippen molar-refractivity contribution in [3.63, 3.8) is 0 Å². The van der Waals surface area contributed by atoms with Crippen LogP contribution in [0.1, 0.15) is 30.5 Å². The molecule has 1 aromatic heterocycles. The molecule has 4 aromatic rings. The Labute approximate surface area is 246 Å². The van der Waals surface area contributed by atoms with E-state index >= 15 is 0 Å². The molecule has 1 amide bonds. The number of nitrogens with one attached hydrogen (secondary N) is 1. The number of nitrogens with zero attached hydrogens (tertiary/aromatic N) is 2. The van der Waals surface area contributed by atoms with Crippen molar-refractivity contribution in [3.05, 3.63) is 83.4 Å². The number of nitrogens with two attached hydrogens (primary N) is 1. The third kappa shape index (κ3) is 7.67. The Kier molecular flexibility index (Phi) is 9.87. The summed E-state index contributed by atoms with van der Waals surface area (Å²) in [5.41, 5.74) is 9.01. The number of para-hydroxylation sites is 1. The van der Waals surface area contributed by atoms with Crippen molar-refractivity contribution in [2.45, 2.75) is 51.2 Å². The first kappa shape index (κ1) is 31.0. The Balaban J connectivity index is 1.56. The molecule has 42 heavy (non-hydrogen) atoms. The van der Waals surface area contributed by atoms with Crippen LogP contribution < -0.4 is 15.8 Å². The summed E-state index contributed by atoms with van der Waals surface area (Å²) in [6.45, 7) is 7.25. The summed E-state index contributed by atoms with van der Waals surface area (Å²) in [5.74, 6) is 0.168. The van der Waals surface area contributed by atoms with E-state index in [0.29, 0.717) is 11.3 Å².